The van der Waals surface area contributed by atoms with E-state index in [0.717, 1.165) is 38.3 Å². The summed E-state index contributed by atoms with van der Waals surface area (Å²) in [6.07, 6.45) is -0.274. The lowest BCUT2D eigenvalue weighted by atomic mass is 10.1. The first-order valence-corrected chi connectivity index (χ1v) is 10.7. The summed E-state index contributed by atoms with van der Waals surface area (Å²) in [6, 6.07) is 6.59. The zero-order valence-electron chi connectivity index (χ0n) is 18.4. The predicted octanol–water partition coefficient (Wildman–Crippen LogP) is -0.560. The molecular weight excluding hydrogens is 416 g/mol. The van der Waals surface area contributed by atoms with Crippen LogP contribution in [0.5, 0.6) is 5.75 Å². The van der Waals surface area contributed by atoms with Gasteiger partial charge in [-0.1, -0.05) is 12.1 Å². The number of guanidine groups is 1. The van der Waals surface area contributed by atoms with Crippen LogP contribution >= 0.6 is 0 Å². The standard InChI is InChI=1S/C21H32N6O5/c1-30-19(28)18(22)12-15-2-4-16(5-3-15)31-14-17-13-27(21(29)32-17)11-8-25-6-9-26(10-7-25)20(23)24/h2-5,17-18H,6-14,22H2,1H3,(H3,23,24). The predicted molar refractivity (Wildman–Crippen MR) is 117 cm³/mol. The molecule has 11 nitrogen and oxygen atoms in total. The fourth-order valence-corrected chi connectivity index (χ4v) is 3.72. The van der Waals surface area contributed by atoms with Gasteiger partial charge in [0.05, 0.1) is 13.7 Å². The van der Waals surface area contributed by atoms with Gasteiger partial charge in [0.2, 0.25) is 0 Å². The summed E-state index contributed by atoms with van der Waals surface area (Å²) in [5.41, 5.74) is 12.2. The minimum Gasteiger partial charge on any atom is -0.490 e. The Labute approximate surface area is 187 Å². The highest BCUT2D eigenvalue weighted by Crippen LogP contribution is 2.17. The van der Waals surface area contributed by atoms with Crippen molar-refractivity contribution in [1.82, 2.24) is 14.7 Å². The molecule has 0 spiro atoms. The van der Waals surface area contributed by atoms with Gasteiger partial charge in [-0.3, -0.25) is 15.1 Å². The average Bonchev–Trinajstić information content (AvgIpc) is 3.16. The Kier molecular flexibility index (Phi) is 8.12. The molecule has 5 N–H and O–H groups in total. The lowest BCUT2D eigenvalue weighted by Crippen LogP contribution is -2.52. The van der Waals surface area contributed by atoms with Gasteiger partial charge >= 0.3 is 12.1 Å². The van der Waals surface area contributed by atoms with E-state index in [1.54, 1.807) is 17.0 Å². The van der Waals surface area contributed by atoms with E-state index in [9.17, 15) is 9.59 Å². The van der Waals surface area contributed by atoms with E-state index in [2.05, 4.69) is 9.64 Å². The van der Waals surface area contributed by atoms with Crippen molar-refractivity contribution in [2.45, 2.75) is 18.6 Å². The van der Waals surface area contributed by atoms with Gasteiger partial charge in [0.25, 0.3) is 0 Å². The molecule has 1 aromatic rings. The minimum atomic E-state index is -0.700. The van der Waals surface area contributed by atoms with E-state index in [1.165, 1.54) is 7.11 Å². The largest absolute Gasteiger partial charge is 0.490 e. The quantitative estimate of drug-likeness (QED) is 0.257. The number of nitrogens with one attached hydrogen (secondary N) is 1. The lowest BCUT2D eigenvalue weighted by molar-refractivity contribution is -0.142. The first-order chi connectivity index (χ1) is 15.4. The van der Waals surface area contributed by atoms with Crippen molar-refractivity contribution in [2.75, 3.05) is 59.5 Å². The number of hydrogen-bond donors (Lipinski definition) is 3. The van der Waals surface area contributed by atoms with Crippen molar-refractivity contribution in [3.8, 4) is 5.75 Å². The molecule has 1 aromatic carbocycles. The van der Waals surface area contributed by atoms with Crippen molar-refractivity contribution in [1.29, 1.82) is 5.41 Å². The molecule has 0 saturated carbocycles. The number of benzene rings is 1. The molecule has 2 fully saturated rings. The maximum absolute atomic E-state index is 12.2. The number of ether oxygens (including phenoxy) is 3. The molecule has 0 radical (unpaired) electrons. The molecule has 2 unspecified atom stereocenters. The van der Waals surface area contributed by atoms with Crippen LogP contribution < -0.4 is 16.2 Å². The van der Waals surface area contributed by atoms with Crippen molar-refractivity contribution in [3.63, 3.8) is 0 Å². The average molecular weight is 449 g/mol. The Morgan fingerprint density at radius 1 is 1.22 bits per heavy atom. The summed E-state index contributed by atoms with van der Waals surface area (Å²) >= 11 is 0. The summed E-state index contributed by atoms with van der Waals surface area (Å²) in [5, 5.41) is 7.48. The molecule has 2 atom stereocenters. The number of rotatable bonds is 9. The van der Waals surface area contributed by atoms with Crippen molar-refractivity contribution < 1.29 is 23.8 Å². The summed E-state index contributed by atoms with van der Waals surface area (Å²) < 4.78 is 15.8. The normalized spacial score (nSPS) is 20.1. The van der Waals surface area contributed by atoms with Gasteiger partial charge in [0.15, 0.2) is 12.1 Å². The van der Waals surface area contributed by atoms with Crippen molar-refractivity contribution in [2.24, 2.45) is 11.5 Å². The zero-order chi connectivity index (χ0) is 23.1. The number of amides is 1. The highest BCUT2D eigenvalue weighted by Gasteiger charge is 2.32. The van der Waals surface area contributed by atoms with Crippen LogP contribution in [-0.2, 0) is 20.7 Å². The monoisotopic (exact) mass is 448 g/mol. The van der Waals surface area contributed by atoms with Crippen LogP contribution in [0.1, 0.15) is 5.56 Å². The molecule has 0 aromatic heterocycles. The van der Waals surface area contributed by atoms with Crippen molar-refractivity contribution in [3.05, 3.63) is 29.8 Å². The van der Waals surface area contributed by atoms with Crippen LogP contribution in [0.2, 0.25) is 0 Å². The minimum absolute atomic E-state index is 0.107. The lowest BCUT2D eigenvalue weighted by Gasteiger charge is -2.35. The topological polar surface area (TPSA) is 147 Å². The van der Waals surface area contributed by atoms with Gasteiger partial charge in [-0.05, 0) is 24.1 Å². The molecule has 0 bridgehead atoms. The molecule has 1 amide bonds. The number of carbonyl (C=O) groups is 2. The van der Waals surface area contributed by atoms with Crippen LogP contribution in [0.25, 0.3) is 0 Å². The van der Waals surface area contributed by atoms with Crippen molar-refractivity contribution >= 4 is 18.0 Å². The molecule has 32 heavy (non-hydrogen) atoms. The first-order valence-electron chi connectivity index (χ1n) is 10.7. The van der Waals surface area contributed by atoms with E-state index in [1.807, 2.05) is 17.0 Å². The first kappa shape index (κ1) is 23.6. The third-order valence-electron chi connectivity index (χ3n) is 5.67. The number of cyclic esters (lactones) is 1. The third kappa shape index (κ3) is 6.47. The molecule has 2 aliphatic rings. The van der Waals surface area contributed by atoms with Crippen LogP contribution in [-0.4, -0.2) is 104 Å². The summed E-state index contributed by atoms with van der Waals surface area (Å²) in [7, 11) is 1.31. The van der Waals surface area contributed by atoms with Crippen LogP contribution in [0, 0.1) is 5.41 Å². The number of carbonyl (C=O) groups excluding carboxylic acids is 2. The summed E-state index contributed by atoms with van der Waals surface area (Å²) in [4.78, 5) is 29.4. The van der Waals surface area contributed by atoms with E-state index in [-0.39, 0.29) is 24.8 Å². The maximum atomic E-state index is 12.2. The van der Waals surface area contributed by atoms with Gasteiger partial charge in [0, 0.05) is 39.3 Å². The number of nitrogens with two attached hydrogens (primary N) is 2. The number of hydrogen-bond acceptors (Lipinski definition) is 8. The number of piperazine rings is 1. The number of methoxy groups -OCH3 is 1. The van der Waals surface area contributed by atoms with Gasteiger partial charge < -0.3 is 35.5 Å². The van der Waals surface area contributed by atoms with E-state index >= 15 is 0 Å². The zero-order valence-corrected chi connectivity index (χ0v) is 18.4. The second kappa shape index (κ2) is 11.0. The second-order valence-corrected chi connectivity index (χ2v) is 7.95. The molecule has 11 heteroatoms. The number of esters is 1. The second-order valence-electron chi connectivity index (χ2n) is 7.95. The maximum Gasteiger partial charge on any atom is 0.410 e. The third-order valence-corrected chi connectivity index (χ3v) is 5.67. The number of nitrogens with zero attached hydrogens (tertiary/aromatic N) is 3. The molecule has 176 valence electrons. The van der Waals surface area contributed by atoms with Gasteiger partial charge in [-0.25, -0.2) is 4.79 Å². The Morgan fingerprint density at radius 3 is 2.53 bits per heavy atom. The van der Waals surface area contributed by atoms with E-state index < -0.39 is 12.0 Å². The highest BCUT2D eigenvalue weighted by molar-refractivity contribution is 5.75. The van der Waals surface area contributed by atoms with Crippen LogP contribution in [0.3, 0.4) is 0 Å². The van der Waals surface area contributed by atoms with E-state index in [0.29, 0.717) is 25.3 Å². The molecular formula is C21H32N6O5. The molecule has 2 heterocycles. The fourth-order valence-electron chi connectivity index (χ4n) is 3.72. The summed E-state index contributed by atoms with van der Waals surface area (Å²) in [5.74, 6) is 0.310. The Hall–Kier alpha value is -3.05. The van der Waals surface area contributed by atoms with Gasteiger partial charge in [-0.2, -0.15) is 0 Å². The van der Waals surface area contributed by atoms with Crippen LogP contribution in [0.4, 0.5) is 4.79 Å². The molecule has 2 aliphatic heterocycles. The Morgan fingerprint density at radius 2 is 1.91 bits per heavy atom. The fraction of sp³-hybridized carbons (Fsp3) is 0.571. The van der Waals surface area contributed by atoms with Crippen LogP contribution in [0.15, 0.2) is 24.3 Å². The molecule has 0 aliphatic carbocycles. The van der Waals surface area contributed by atoms with Gasteiger partial charge in [0.1, 0.15) is 18.4 Å². The van der Waals surface area contributed by atoms with Gasteiger partial charge in [-0.15, -0.1) is 0 Å². The highest BCUT2D eigenvalue weighted by atomic mass is 16.6. The van der Waals surface area contributed by atoms with E-state index in [4.69, 9.17) is 26.4 Å². The molecule has 2 saturated heterocycles. The Balaban J connectivity index is 1.37. The summed E-state index contributed by atoms with van der Waals surface area (Å²) in [6.45, 7) is 5.17. The molecule has 3 rings (SSSR count). The Bertz CT molecular complexity index is 796. The SMILES string of the molecule is COC(=O)C(N)Cc1ccc(OCC2CN(CCN3CCN(C(=N)N)CC3)C(=O)O2)cc1. The smallest absolute Gasteiger partial charge is 0.410 e.